The largest absolute Gasteiger partial charge is 0.338 e. The van der Waals surface area contributed by atoms with Crippen LogP contribution in [0.3, 0.4) is 0 Å². The zero-order chi connectivity index (χ0) is 17.5. The average molecular weight is 359 g/mol. The number of para-hydroxylation sites is 3. The molecule has 2 aromatic heterocycles. The van der Waals surface area contributed by atoms with Crippen LogP contribution < -0.4 is 5.32 Å². The lowest BCUT2D eigenvalue weighted by molar-refractivity contribution is 0.103. The summed E-state index contributed by atoms with van der Waals surface area (Å²) in [5.74, 6) is 0.712. The summed E-state index contributed by atoms with van der Waals surface area (Å²) in [6, 6.07) is 17.7. The number of rotatable bonds is 3. The van der Waals surface area contributed by atoms with E-state index >= 15 is 0 Å². The maximum absolute atomic E-state index is 12.7. The van der Waals surface area contributed by atoms with Crippen LogP contribution >= 0.6 is 11.3 Å². The summed E-state index contributed by atoms with van der Waals surface area (Å²) >= 11 is 1.62. The van der Waals surface area contributed by atoms with E-state index in [-0.39, 0.29) is 5.91 Å². The second-order valence-corrected chi connectivity index (χ2v) is 7.65. The lowest BCUT2D eigenvalue weighted by Crippen LogP contribution is -2.11. The van der Waals surface area contributed by atoms with Gasteiger partial charge in [-0.15, -0.1) is 11.3 Å². The minimum absolute atomic E-state index is 0.0482. The third-order valence-electron chi connectivity index (χ3n) is 4.79. The highest BCUT2D eigenvalue weighted by Gasteiger charge is 2.19. The highest BCUT2D eigenvalue weighted by Crippen LogP contribution is 2.32. The standard InChI is InChI=1S/C21H17N3OS/c25-21(19-12-13-6-5-11-18(13)26-19)24-15-8-2-1-7-14(15)20-22-16-9-3-4-10-17(16)23-20/h1-4,7-10,12H,5-6,11H2,(H,22,23)(H,24,25). The molecule has 0 radical (unpaired) electrons. The molecule has 2 aromatic carbocycles. The van der Waals surface area contributed by atoms with Crippen LogP contribution in [0, 0.1) is 0 Å². The number of hydrogen-bond acceptors (Lipinski definition) is 3. The minimum Gasteiger partial charge on any atom is -0.338 e. The summed E-state index contributed by atoms with van der Waals surface area (Å²) in [7, 11) is 0. The third-order valence-corrected chi connectivity index (χ3v) is 6.03. The van der Waals surface area contributed by atoms with Gasteiger partial charge >= 0.3 is 0 Å². The van der Waals surface area contributed by atoms with Crippen molar-refractivity contribution in [2.75, 3.05) is 5.32 Å². The van der Waals surface area contributed by atoms with Gasteiger partial charge in [-0.2, -0.15) is 0 Å². The van der Waals surface area contributed by atoms with Gasteiger partial charge in [-0.05, 0) is 55.2 Å². The summed E-state index contributed by atoms with van der Waals surface area (Å²) in [6.45, 7) is 0. The van der Waals surface area contributed by atoms with Crippen LogP contribution in [0.4, 0.5) is 5.69 Å². The molecule has 128 valence electrons. The lowest BCUT2D eigenvalue weighted by Gasteiger charge is -2.08. The number of benzene rings is 2. The summed E-state index contributed by atoms with van der Waals surface area (Å²) in [5, 5.41) is 3.07. The molecule has 0 aliphatic heterocycles. The Hall–Kier alpha value is -2.92. The number of fused-ring (bicyclic) bond motifs is 2. The van der Waals surface area contributed by atoms with Crippen molar-refractivity contribution in [3.8, 4) is 11.4 Å². The molecule has 4 nitrogen and oxygen atoms in total. The summed E-state index contributed by atoms with van der Waals surface area (Å²) < 4.78 is 0. The highest BCUT2D eigenvalue weighted by atomic mass is 32.1. The van der Waals surface area contributed by atoms with Gasteiger partial charge in [-0.25, -0.2) is 4.98 Å². The van der Waals surface area contributed by atoms with Gasteiger partial charge in [0.2, 0.25) is 0 Å². The quantitative estimate of drug-likeness (QED) is 0.539. The minimum atomic E-state index is -0.0482. The number of aromatic amines is 1. The zero-order valence-corrected chi connectivity index (χ0v) is 14.9. The van der Waals surface area contributed by atoms with Crippen LogP contribution in [0.15, 0.2) is 54.6 Å². The lowest BCUT2D eigenvalue weighted by atomic mass is 10.1. The topological polar surface area (TPSA) is 57.8 Å². The fourth-order valence-electron chi connectivity index (χ4n) is 3.50. The van der Waals surface area contributed by atoms with Crippen molar-refractivity contribution in [2.24, 2.45) is 0 Å². The number of thiophene rings is 1. The van der Waals surface area contributed by atoms with E-state index in [4.69, 9.17) is 0 Å². The molecule has 0 atom stereocenters. The van der Waals surface area contributed by atoms with Crippen molar-refractivity contribution in [2.45, 2.75) is 19.3 Å². The Morgan fingerprint density at radius 2 is 1.92 bits per heavy atom. The van der Waals surface area contributed by atoms with Crippen molar-refractivity contribution < 1.29 is 4.79 Å². The molecule has 26 heavy (non-hydrogen) atoms. The van der Waals surface area contributed by atoms with Gasteiger partial charge < -0.3 is 10.3 Å². The predicted molar refractivity (Wildman–Crippen MR) is 106 cm³/mol. The molecule has 0 unspecified atom stereocenters. The first-order valence-electron chi connectivity index (χ1n) is 8.75. The third kappa shape index (κ3) is 2.61. The molecule has 2 heterocycles. The molecule has 0 fully saturated rings. The number of carbonyl (C=O) groups excluding carboxylic acids is 1. The van der Waals surface area contributed by atoms with Gasteiger partial charge in [-0.3, -0.25) is 4.79 Å². The fourth-order valence-corrected chi connectivity index (χ4v) is 4.65. The molecule has 4 aromatic rings. The Kier molecular flexibility index (Phi) is 3.60. The van der Waals surface area contributed by atoms with Crippen molar-refractivity contribution >= 4 is 34.0 Å². The van der Waals surface area contributed by atoms with Crippen LogP contribution in [0.2, 0.25) is 0 Å². The van der Waals surface area contributed by atoms with E-state index in [9.17, 15) is 4.79 Å². The Bertz CT molecular complexity index is 1070. The number of anilines is 1. The summed E-state index contributed by atoms with van der Waals surface area (Å²) in [6.07, 6.45) is 3.40. The number of aryl methyl sites for hydroxylation is 2. The zero-order valence-electron chi connectivity index (χ0n) is 14.1. The molecule has 5 rings (SSSR count). The van der Waals surface area contributed by atoms with E-state index in [1.54, 1.807) is 11.3 Å². The van der Waals surface area contributed by atoms with Crippen molar-refractivity contribution in [1.82, 2.24) is 9.97 Å². The van der Waals surface area contributed by atoms with Crippen LogP contribution in [0.25, 0.3) is 22.4 Å². The normalized spacial score (nSPS) is 13.1. The van der Waals surface area contributed by atoms with Crippen molar-refractivity contribution in [3.05, 3.63) is 69.9 Å². The van der Waals surface area contributed by atoms with E-state index in [1.807, 2.05) is 54.6 Å². The molecule has 1 aliphatic rings. The molecule has 0 saturated heterocycles. The van der Waals surface area contributed by atoms with Gasteiger partial charge in [-0.1, -0.05) is 24.3 Å². The van der Waals surface area contributed by atoms with Crippen LogP contribution in [0.1, 0.15) is 26.5 Å². The van der Waals surface area contributed by atoms with Crippen molar-refractivity contribution in [3.63, 3.8) is 0 Å². The monoisotopic (exact) mass is 359 g/mol. The van der Waals surface area contributed by atoms with E-state index in [0.29, 0.717) is 0 Å². The Morgan fingerprint density at radius 1 is 1.08 bits per heavy atom. The highest BCUT2D eigenvalue weighted by molar-refractivity contribution is 7.14. The SMILES string of the molecule is O=C(Nc1ccccc1-c1nc2ccccc2[nH]1)c1cc2c(s1)CCC2. The molecule has 0 bridgehead atoms. The first kappa shape index (κ1) is 15.3. The second-order valence-electron chi connectivity index (χ2n) is 6.51. The van der Waals surface area contributed by atoms with Crippen LogP contribution in [0.5, 0.6) is 0 Å². The van der Waals surface area contributed by atoms with E-state index in [1.165, 1.54) is 16.9 Å². The Morgan fingerprint density at radius 3 is 2.81 bits per heavy atom. The summed E-state index contributed by atoms with van der Waals surface area (Å²) in [4.78, 5) is 22.9. The number of nitrogens with one attached hydrogen (secondary N) is 2. The Balaban J connectivity index is 1.48. The number of aromatic nitrogens is 2. The van der Waals surface area contributed by atoms with Gasteiger partial charge in [0.1, 0.15) is 5.82 Å². The Labute approximate surface area is 154 Å². The molecule has 0 saturated carbocycles. The number of amides is 1. The number of H-pyrrole nitrogens is 1. The maximum Gasteiger partial charge on any atom is 0.265 e. The fraction of sp³-hybridized carbons (Fsp3) is 0.143. The first-order valence-corrected chi connectivity index (χ1v) is 9.57. The van der Waals surface area contributed by atoms with Crippen LogP contribution in [-0.4, -0.2) is 15.9 Å². The first-order chi connectivity index (χ1) is 12.8. The smallest absolute Gasteiger partial charge is 0.265 e. The molecule has 1 aliphatic carbocycles. The maximum atomic E-state index is 12.7. The molecule has 5 heteroatoms. The number of hydrogen-bond donors (Lipinski definition) is 2. The average Bonchev–Trinajstić information content (AvgIpc) is 3.36. The van der Waals surface area contributed by atoms with E-state index in [0.717, 1.165) is 45.8 Å². The number of imidazole rings is 1. The molecule has 0 spiro atoms. The van der Waals surface area contributed by atoms with Crippen molar-refractivity contribution in [1.29, 1.82) is 0 Å². The van der Waals surface area contributed by atoms with Gasteiger partial charge in [0.05, 0.1) is 21.6 Å². The van der Waals surface area contributed by atoms with Gasteiger partial charge in [0, 0.05) is 10.4 Å². The molecular weight excluding hydrogens is 342 g/mol. The predicted octanol–water partition coefficient (Wildman–Crippen LogP) is 5.03. The van der Waals surface area contributed by atoms with Crippen LogP contribution in [-0.2, 0) is 12.8 Å². The number of nitrogens with zero attached hydrogens (tertiary/aromatic N) is 1. The molecular formula is C21H17N3OS. The second kappa shape index (κ2) is 6.11. The van der Waals surface area contributed by atoms with E-state index in [2.05, 4.69) is 15.3 Å². The molecule has 2 N–H and O–H groups in total. The summed E-state index contributed by atoms with van der Waals surface area (Å²) in [5.41, 5.74) is 4.90. The van der Waals surface area contributed by atoms with Gasteiger partial charge in [0.25, 0.3) is 5.91 Å². The number of carbonyl (C=O) groups is 1. The van der Waals surface area contributed by atoms with E-state index < -0.39 is 0 Å². The molecule has 1 amide bonds. The van der Waals surface area contributed by atoms with Gasteiger partial charge in [0.15, 0.2) is 0 Å².